The lowest BCUT2D eigenvalue weighted by atomic mass is 10.2. The van der Waals surface area contributed by atoms with Gasteiger partial charge < -0.3 is 9.64 Å². The maximum absolute atomic E-state index is 12.5. The molecule has 2 aromatic rings. The minimum Gasteiger partial charge on any atom is -0.497 e. The fourth-order valence-corrected chi connectivity index (χ4v) is 2.48. The number of rotatable bonds is 4. The van der Waals surface area contributed by atoms with Crippen LogP contribution in [0.15, 0.2) is 29.6 Å². The lowest BCUT2D eigenvalue weighted by Gasteiger charge is -2.16. The van der Waals surface area contributed by atoms with Crippen LogP contribution in [0.5, 0.6) is 5.75 Å². The van der Waals surface area contributed by atoms with Gasteiger partial charge in [0.05, 0.1) is 7.11 Å². The summed E-state index contributed by atoms with van der Waals surface area (Å²) in [5, 5.41) is 1.36. The minimum absolute atomic E-state index is 0.333. The summed E-state index contributed by atoms with van der Waals surface area (Å²) in [4.78, 5) is 5.28. The third-order valence-corrected chi connectivity index (χ3v) is 3.62. The van der Waals surface area contributed by atoms with Crippen LogP contribution in [0.3, 0.4) is 0 Å². The van der Waals surface area contributed by atoms with Crippen LogP contribution in [0.25, 0.3) is 0 Å². The molecule has 0 atom stereocenters. The maximum Gasteiger partial charge on any atom is 0.434 e. The van der Waals surface area contributed by atoms with Crippen molar-refractivity contribution in [3.8, 4) is 5.75 Å². The van der Waals surface area contributed by atoms with Crippen LogP contribution < -0.4 is 9.64 Å². The molecule has 0 bridgehead atoms. The normalized spacial score (nSPS) is 11.4. The molecule has 108 valence electrons. The van der Waals surface area contributed by atoms with E-state index in [0.717, 1.165) is 22.3 Å². The Hall–Kier alpha value is -1.76. The van der Waals surface area contributed by atoms with E-state index in [0.29, 0.717) is 17.4 Å². The molecule has 1 heterocycles. The molecule has 3 nitrogen and oxygen atoms in total. The van der Waals surface area contributed by atoms with E-state index in [9.17, 15) is 13.2 Å². The number of methoxy groups -OCH3 is 1. The number of ether oxygens (including phenoxy) is 1. The van der Waals surface area contributed by atoms with E-state index in [4.69, 9.17) is 4.74 Å². The van der Waals surface area contributed by atoms with Gasteiger partial charge in [-0.05, 0) is 17.7 Å². The molecule has 0 spiro atoms. The molecule has 1 aromatic carbocycles. The molecule has 2 rings (SSSR count). The van der Waals surface area contributed by atoms with Crippen molar-refractivity contribution >= 4 is 16.5 Å². The minimum atomic E-state index is -4.40. The van der Waals surface area contributed by atoms with Crippen molar-refractivity contribution in [2.24, 2.45) is 0 Å². The smallest absolute Gasteiger partial charge is 0.434 e. The number of anilines is 1. The quantitative estimate of drug-likeness (QED) is 0.859. The van der Waals surface area contributed by atoms with Crippen molar-refractivity contribution in [3.63, 3.8) is 0 Å². The van der Waals surface area contributed by atoms with Crippen LogP contribution in [0, 0.1) is 0 Å². The van der Waals surface area contributed by atoms with Crippen molar-refractivity contribution < 1.29 is 17.9 Å². The van der Waals surface area contributed by atoms with Crippen LogP contribution in [0.2, 0.25) is 0 Å². The first-order chi connectivity index (χ1) is 9.40. The fourth-order valence-electron chi connectivity index (χ4n) is 1.68. The molecule has 0 saturated heterocycles. The van der Waals surface area contributed by atoms with E-state index in [1.54, 1.807) is 19.1 Å². The number of benzene rings is 1. The number of alkyl halides is 3. The van der Waals surface area contributed by atoms with Crippen molar-refractivity contribution in [2.45, 2.75) is 12.7 Å². The van der Waals surface area contributed by atoms with Crippen LogP contribution in [0.4, 0.5) is 18.3 Å². The van der Waals surface area contributed by atoms with Gasteiger partial charge in [-0.1, -0.05) is 12.1 Å². The van der Waals surface area contributed by atoms with Crippen molar-refractivity contribution in [1.82, 2.24) is 4.98 Å². The molecule has 7 heteroatoms. The van der Waals surface area contributed by atoms with Crippen LogP contribution in [0.1, 0.15) is 11.3 Å². The first-order valence-electron chi connectivity index (χ1n) is 5.77. The lowest BCUT2D eigenvalue weighted by Crippen LogP contribution is -2.16. The average Bonchev–Trinajstić information content (AvgIpc) is 2.88. The Balaban J connectivity index is 2.11. The molecule has 0 amide bonds. The van der Waals surface area contributed by atoms with Gasteiger partial charge in [-0.3, -0.25) is 0 Å². The molecule has 0 N–H and O–H groups in total. The molecule has 0 aliphatic rings. The van der Waals surface area contributed by atoms with Gasteiger partial charge in [0.15, 0.2) is 10.8 Å². The summed E-state index contributed by atoms with van der Waals surface area (Å²) >= 11 is 0.977. The van der Waals surface area contributed by atoms with E-state index in [2.05, 4.69) is 4.98 Å². The van der Waals surface area contributed by atoms with E-state index in [-0.39, 0.29) is 0 Å². The van der Waals surface area contributed by atoms with E-state index in [1.165, 1.54) is 0 Å². The molecule has 0 aliphatic carbocycles. The second-order valence-electron chi connectivity index (χ2n) is 4.22. The van der Waals surface area contributed by atoms with Gasteiger partial charge in [0.1, 0.15) is 5.75 Å². The molecule has 20 heavy (non-hydrogen) atoms. The van der Waals surface area contributed by atoms with E-state index >= 15 is 0 Å². The van der Waals surface area contributed by atoms with Gasteiger partial charge in [-0.25, -0.2) is 4.98 Å². The number of nitrogens with zero attached hydrogens (tertiary/aromatic N) is 2. The summed E-state index contributed by atoms with van der Waals surface area (Å²) in [6.45, 7) is 0.460. The Morgan fingerprint density at radius 2 is 2.10 bits per heavy atom. The van der Waals surface area contributed by atoms with Gasteiger partial charge in [0.25, 0.3) is 0 Å². The molecule has 0 unspecified atom stereocenters. The summed E-state index contributed by atoms with van der Waals surface area (Å²) in [6, 6.07) is 7.38. The number of halogens is 3. The highest BCUT2D eigenvalue weighted by Gasteiger charge is 2.34. The Morgan fingerprint density at radius 1 is 1.35 bits per heavy atom. The molecule has 0 fully saturated rings. The largest absolute Gasteiger partial charge is 0.497 e. The summed E-state index contributed by atoms with van der Waals surface area (Å²) in [5.41, 5.74) is 0.0885. The predicted molar refractivity (Wildman–Crippen MR) is 72.2 cm³/mol. The van der Waals surface area contributed by atoms with Gasteiger partial charge in [0.2, 0.25) is 0 Å². The summed E-state index contributed by atoms with van der Waals surface area (Å²) in [5.74, 6) is 0.714. The van der Waals surface area contributed by atoms with Gasteiger partial charge in [-0.15, -0.1) is 11.3 Å². The summed E-state index contributed by atoms with van der Waals surface area (Å²) in [7, 11) is 3.28. The first kappa shape index (κ1) is 14.6. The third kappa shape index (κ3) is 3.41. The Bertz CT molecular complexity index is 583. The second kappa shape index (κ2) is 5.70. The fraction of sp³-hybridized carbons (Fsp3) is 0.308. The molecule has 1 aromatic heterocycles. The predicted octanol–water partition coefficient (Wildman–Crippen LogP) is 3.81. The van der Waals surface area contributed by atoms with Crippen molar-refractivity contribution in [2.75, 3.05) is 19.1 Å². The number of aromatic nitrogens is 1. The standard InChI is InChI=1S/C13H13F3N2OS/c1-18(7-9-4-3-5-10(6-9)19-2)12-17-11(8-20-12)13(14,15)16/h3-6,8H,7H2,1-2H3. The lowest BCUT2D eigenvalue weighted by molar-refractivity contribution is -0.140. The SMILES string of the molecule is COc1cccc(CN(C)c2nc(C(F)(F)F)cs2)c1. The highest BCUT2D eigenvalue weighted by Crippen LogP contribution is 2.33. The first-order valence-corrected chi connectivity index (χ1v) is 6.65. The van der Waals surface area contributed by atoms with Gasteiger partial charge in [-0.2, -0.15) is 13.2 Å². The van der Waals surface area contributed by atoms with E-state index < -0.39 is 11.9 Å². The zero-order valence-electron chi connectivity index (χ0n) is 10.9. The van der Waals surface area contributed by atoms with Crippen LogP contribution >= 0.6 is 11.3 Å². The average molecular weight is 302 g/mol. The molecular weight excluding hydrogens is 289 g/mol. The maximum atomic E-state index is 12.5. The second-order valence-corrected chi connectivity index (χ2v) is 5.06. The highest BCUT2D eigenvalue weighted by molar-refractivity contribution is 7.13. The molecule has 0 radical (unpaired) electrons. The molecule has 0 saturated carbocycles. The van der Waals surface area contributed by atoms with Gasteiger partial charge in [0, 0.05) is 19.0 Å². The highest BCUT2D eigenvalue weighted by atomic mass is 32.1. The van der Waals surface area contributed by atoms with E-state index in [1.807, 2.05) is 24.3 Å². The molecular formula is C13H13F3N2OS. The van der Waals surface area contributed by atoms with Crippen LogP contribution in [-0.2, 0) is 12.7 Å². The van der Waals surface area contributed by atoms with Crippen molar-refractivity contribution in [1.29, 1.82) is 0 Å². The van der Waals surface area contributed by atoms with Crippen LogP contribution in [-0.4, -0.2) is 19.1 Å². The zero-order valence-corrected chi connectivity index (χ0v) is 11.8. The number of hydrogen-bond donors (Lipinski definition) is 0. The third-order valence-electron chi connectivity index (χ3n) is 2.66. The monoisotopic (exact) mass is 302 g/mol. The number of hydrogen-bond acceptors (Lipinski definition) is 4. The Kier molecular flexibility index (Phi) is 4.17. The Labute approximate surface area is 118 Å². The zero-order chi connectivity index (χ0) is 14.8. The topological polar surface area (TPSA) is 25.4 Å². The Morgan fingerprint density at radius 3 is 2.70 bits per heavy atom. The molecule has 0 aliphatic heterocycles. The number of thiazole rings is 1. The summed E-state index contributed by atoms with van der Waals surface area (Å²) < 4.78 is 42.6. The van der Waals surface area contributed by atoms with Gasteiger partial charge >= 0.3 is 6.18 Å². The summed E-state index contributed by atoms with van der Waals surface area (Å²) in [6.07, 6.45) is -4.40. The van der Waals surface area contributed by atoms with Crippen molar-refractivity contribution in [3.05, 3.63) is 40.9 Å².